The molecule has 1 atom stereocenters. The van der Waals surface area contributed by atoms with E-state index >= 15 is 0 Å². The van der Waals surface area contributed by atoms with Crippen LogP contribution in [0.2, 0.25) is 0 Å². The first-order chi connectivity index (χ1) is 21.0. The van der Waals surface area contributed by atoms with Crippen molar-refractivity contribution in [2.45, 2.75) is 64.5 Å². The summed E-state index contributed by atoms with van der Waals surface area (Å²) in [5.41, 5.74) is -2.27. The Hall–Kier alpha value is -4.21. The van der Waals surface area contributed by atoms with E-state index < -0.39 is 59.9 Å². The average Bonchev–Trinajstić information content (AvgIpc) is 3.39. The molecule has 0 fully saturated rings. The Labute approximate surface area is 252 Å². The molecule has 16 heteroatoms. The second kappa shape index (κ2) is 13.0. The van der Waals surface area contributed by atoms with E-state index in [0.29, 0.717) is 30.7 Å². The standard InChI is InChI=1S/C29H28F9N7/c1-4-25(40-14-19-6-5-9-39-17(19)2)24-8-7-21(27(30,31)32)12-20(24)16-45(26-41-43-44(3)42-26)15-18-10-22(28(33,34)35)13-23(11-18)29(36,37)38/h5-13,25,40H,4,14-16H2,1-3H3. The average molecular weight is 646 g/mol. The lowest BCUT2D eigenvalue weighted by atomic mass is 9.95. The largest absolute Gasteiger partial charge is 0.416 e. The molecule has 242 valence electrons. The van der Waals surface area contributed by atoms with Crippen molar-refractivity contribution in [2.24, 2.45) is 7.05 Å². The summed E-state index contributed by atoms with van der Waals surface area (Å²) in [7, 11) is 1.38. The monoisotopic (exact) mass is 645 g/mol. The number of alkyl halides is 9. The molecule has 2 aromatic heterocycles. The number of nitrogens with one attached hydrogen (secondary N) is 1. The van der Waals surface area contributed by atoms with Crippen LogP contribution in [0.5, 0.6) is 0 Å². The molecular formula is C29H28F9N7. The summed E-state index contributed by atoms with van der Waals surface area (Å²) in [4.78, 5) is 6.42. The molecule has 0 amide bonds. The van der Waals surface area contributed by atoms with Gasteiger partial charge in [-0.25, -0.2) is 0 Å². The zero-order valence-corrected chi connectivity index (χ0v) is 24.2. The van der Waals surface area contributed by atoms with Gasteiger partial charge in [0.1, 0.15) is 0 Å². The number of rotatable bonds is 10. The smallest absolute Gasteiger partial charge is 0.330 e. The zero-order valence-electron chi connectivity index (χ0n) is 24.2. The number of hydrogen-bond acceptors (Lipinski definition) is 6. The molecule has 0 saturated heterocycles. The summed E-state index contributed by atoms with van der Waals surface area (Å²) in [6, 6.07) is 7.36. The normalized spacial score (nSPS) is 13.2. The number of halogens is 9. The van der Waals surface area contributed by atoms with Gasteiger partial charge in [-0.2, -0.15) is 44.3 Å². The third-order valence-electron chi connectivity index (χ3n) is 7.07. The van der Waals surface area contributed by atoms with Gasteiger partial charge in [-0.1, -0.05) is 24.2 Å². The van der Waals surface area contributed by atoms with Gasteiger partial charge in [0.05, 0.1) is 23.7 Å². The molecule has 45 heavy (non-hydrogen) atoms. The van der Waals surface area contributed by atoms with Crippen LogP contribution >= 0.6 is 0 Å². The molecule has 2 aromatic carbocycles. The van der Waals surface area contributed by atoms with Gasteiger partial charge in [0.15, 0.2) is 0 Å². The van der Waals surface area contributed by atoms with Gasteiger partial charge in [-0.05, 0) is 77.2 Å². The number of anilines is 1. The fourth-order valence-electron chi connectivity index (χ4n) is 4.81. The molecule has 0 saturated carbocycles. The minimum absolute atomic E-state index is 0.000801. The van der Waals surface area contributed by atoms with E-state index in [-0.39, 0.29) is 17.6 Å². The highest BCUT2D eigenvalue weighted by Gasteiger charge is 2.37. The predicted molar refractivity (Wildman–Crippen MR) is 145 cm³/mol. The minimum atomic E-state index is -5.09. The Morgan fingerprint density at radius 3 is 2.00 bits per heavy atom. The highest BCUT2D eigenvalue weighted by atomic mass is 19.4. The van der Waals surface area contributed by atoms with Crippen LogP contribution in [-0.2, 0) is 45.2 Å². The Kier molecular flexibility index (Phi) is 9.75. The molecule has 7 nitrogen and oxygen atoms in total. The van der Waals surface area contributed by atoms with Gasteiger partial charge >= 0.3 is 18.5 Å². The predicted octanol–water partition coefficient (Wildman–Crippen LogP) is 7.42. The third-order valence-corrected chi connectivity index (χ3v) is 7.07. The minimum Gasteiger partial charge on any atom is -0.330 e. The van der Waals surface area contributed by atoms with Gasteiger partial charge in [0.25, 0.3) is 5.95 Å². The van der Waals surface area contributed by atoms with Gasteiger partial charge in [0, 0.05) is 37.6 Å². The van der Waals surface area contributed by atoms with E-state index in [9.17, 15) is 39.5 Å². The maximum absolute atomic E-state index is 13.8. The number of aromatic nitrogens is 5. The van der Waals surface area contributed by atoms with Crippen LogP contribution in [0, 0.1) is 6.92 Å². The summed E-state index contributed by atoms with van der Waals surface area (Å²) in [6.07, 6.45) is -12.8. The fourth-order valence-corrected chi connectivity index (χ4v) is 4.81. The lowest BCUT2D eigenvalue weighted by Crippen LogP contribution is -2.28. The van der Waals surface area contributed by atoms with Crippen molar-refractivity contribution in [3.05, 3.63) is 99.4 Å². The van der Waals surface area contributed by atoms with Crippen LogP contribution in [0.1, 0.15) is 64.0 Å². The van der Waals surface area contributed by atoms with E-state index in [1.54, 1.807) is 12.3 Å². The molecule has 1 N–H and O–H groups in total. The summed E-state index contributed by atoms with van der Waals surface area (Å²) in [5.74, 6) is -0.209. The summed E-state index contributed by atoms with van der Waals surface area (Å²) < 4.78 is 123. The molecular weight excluding hydrogens is 617 g/mol. The first-order valence-corrected chi connectivity index (χ1v) is 13.6. The highest BCUT2D eigenvalue weighted by molar-refractivity contribution is 5.42. The van der Waals surface area contributed by atoms with Gasteiger partial charge < -0.3 is 10.2 Å². The zero-order chi connectivity index (χ0) is 33.2. The molecule has 0 spiro atoms. The van der Waals surface area contributed by atoms with Gasteiger partial charge in [-0.3, -0.25) is 4.98 Å². The molecule has 0 aliphatic carbocycles. The molecule has 0 aliphatic rings. The van der Waals surface area contributed by atoms with Crippen molar-refractivity contribution in [1.29, 1.82) is 0 Å². The Balaban J connectivity index is 1.78. The Morgan fingerprint density at radius 2 is 1.47 bits per heavy atom. The number of aryl methyl sites for hydroxylation is 2. The second-order valence-corrected chi connectivity index (χ2v) is 10.4. The molecule has 0 bridgehead atoms. The molecule has 1 unspecified atom stereocenters. The lowest BCUT2D eigenvalue weighted by molar-refractivity contribution is -0.143. The van der Waals surface area contributed by atoms with Crippen molar-refractivity contribution in [3.63, 3.8) is 0 Å². The van der Waals surface area contributed by atoms with E-state index in [2.05, 4.69) is 25.7 Å². The van der Waals surface area contributed by atoms with Gasteiger partial charge in [-0.15, -0.1) is 5.10 Å². The first kappa shape index (κ1) is 33.7. The van der Waals surface area contributed by atoms with Crippen molar-refractivity contribution in [3.8, 4) is 0 Å². The van der Waals surface area contributed by atoms with Crippen LogP contribution in [0.4, 0.5) is 45.5 Å². The van der Waals surface area contributed by atoms with E-state index in [1.165, 1.54) is 18.0 Å². The quantitative estimate of drug-likeness (QED) is 0.181. The van der Waals surface area contributed by atoms with Crippen molar-refractivity contribution < 1.29 is 39.5 Å². The first-order valence-electron chi connectivity index (χ1n) is 13.6. The van der Waals surface area contributed by atoms with Crippen LogP contribution in [-0.4, -0.2) is 25.2 Å². The van der Waals surface area contributed by atoms with Crippen molar-refractivity contribution in [2.75, 3.05) is 4.90 Å². The molecule has 0 aliphatic heterocycles. The molecule has 4 rings (SSSR count). The number of nitrogens with zero attached hydrogens (tertiary/aromatic N) is 6. The Bertz CT molecular complexity index is 1580. The third kappa shape index (κ3) is 8.49. The number of benzene rings is 2. The topological polar surface area (TPSA) is 71.8 Å². The summed E-state index contributed by atoms with van der Waals surface area (Å²) in [6.45, 7) is 2.96. The van der Waals surface area contributed by atoms with Crippen molar-refractivity contribution in [1.82, 2.24) is 30.5 Å². The van der Waals surface area contributed by atoms with Crippen LogP contribution in [0.25, 0.3) is 0 Å². The van der Waals surface area contributed by atoms with E-state index in [1.807, 2.05) is 19.9 Å². The highest BCUT2D eigenvalue weighted by Crippen LogP contribution is 2.38. The second-order valence-electron chi connectivity index (χ2n) is 10.4. The van der Waals surface area contributed by atoms with Crippen LogP contribution < -0.4 is 10.2 Å². The number of hydrogen-bond donors (Lipinski definition) is 1. The SMILES string of the molecule is CCC(NCc1cccnc1C)c1ccc(C(F)(F)F)cc1CN(Cc1cc(C(F)(F)F)cc(C(F)(F)F)c1)c1nnn(C)n1. The van der Waals surface area contributed by atoms with Gasteiger partial charge in [0.2, 0.25) is 0 Å². The number of pyridine rings is 1. The molecule has 4 aromatic rings. The molecule has 0 radical (unpaired) electrons. The summed E-state index contributed by atoms with van der Waals surface area (Å²) in [5, 5.41) is 14.9. The van der Waals surface area contributed by atoms with E-state index in [0.717, 1.165) is 28.2 Å². The van der Waals surface area contributed by atoms with Crippen LogP contribution in [0.3, 0.4) is 0 Å². The van der Waals surface area contributed by atoms with Crippen LogP contribution in [0.15, 0.2) is 54.7 Å². The maximum Gasteiger partial charge on any atom is 0.416 e. The summed E-state index contributed by atoms with van der Waals surface area (Å²) >= 11 is 0. The Morgan fingerprint density at radius 1 is 0.822 bits per heavy atom. The molecule has 2 heterocycles. The number of tetrazole rings is 1. The lowest BCUT2D eigenvalue weighted by Gasteiger charge is -2.27. The van der Waals surface area contributed by atoms with Crippen molar-refractivity contribution >= 4 is 5.95 Å². The van der Waals surface area contributed by atoms with E-state index in [4.69, 9.17) is 0 Å². The fraction of sp³-hybridized carbons (Fsp3) is 0.379. The maximum atomic E-state index is 13.8.